The van der Waals surface area contributed by atoms with E-state index in [2.05, 4.69) is 10.2 Å². The molecule has 108 valence electrons. The molecule has 1 aromatic carbocycles. The summed E-state index contributed by atoms with van der Waals surface area (Å²) in [4.78, 5) is 1.02. The summed E-state index contributed by atoms with van der Waals surface area (Å²) in [5, 5.41) is 7.91. The molecule has 0 bridgehead atoms. The molecule has 0 spiro atoms. The molecule has 1 heterocycles. The first kappa shape index (κ1) is 15.1. The summed E-state index contributed by atoms with van der Waals surface area (Å²) < 4.78 is 28.9. The van der Waals surface area contributed by atoms with Crippen LogP contribution in [-0.4, -0.2) is 24.9 Å². The van der Waals surface area contributed by atoms with E-state index >= 15 is 0 Å². The highest BCUT2D eigenvalue weighted by molar-refractivity contribution is 7.99. The van der Waals surface area contributed by atoms with Crippen molar-refractivity contribution >= 4 is 21.6 Å². The van der Waals surface area contributed by atoms with Crippen molar-refractivity contribution in [3.8, 4) is 0 Å². The van der Waals surface area contributed by atoms with Gasteiger partial charge >= 0.3 is 0 Å². The van der Waals surface area contributed by atoms with Crippen LogP contribution < -0.4 is 0 Å². The molecule has 0 aliphatic heterocycles. The fourth-order valence-electron chi connectivity index (χ4n) is 1.57. The number of benzene rings is 1. The Morgan fingerprint density at radius 2 is 1.95 bits per heavy atom. The third-order valence-electron chi connectivity index (χ3n) is 2.58. The lowest BCUT2D eigenvalue weighted by Gasteiger charge is -2.05. The van der Waals surface area contributed by atoms with Crippen LogP contribution in [0.4, 0.5) is 0 Å². The summed E-state index contributed by atoms with van der Waals surface area (Å²) in [5.41, 5.74) is 0. The van der Waals surface area contributed by atoms with Crippen molar-refractivity contribution in [1.29, 1.82) is 0 Å². The molecule has 0 aliphatic rings. The number of hydrogen-bond donors (Lipinski definition) is 0. The molecule has 0 N–H and O–H groups in total. The summed E-state index contributed by atoms with van der Waals surface area (Å²) in [5.74, 6) is 1.73. The van der Waals surface area contributed by atoms with Gasteiger partial charge in [0.25, 0.3) is 0 Å². The molecule has 0 saturated carbocycles. The number of thioether (sulfide) groups is 1. The van der Waals surface area contributed by atoms with Crippen LogP contribution in [-0.2, 0) is 15.6 Å². The maximum Gasteiger partial charge on any atom is 0.226 e. The SMILES string of the molecule is CC(C)c1nnc(CSc2ccccc2S(C)(=O)=O)o1. The molecular formula is C13H16N2O3S2. The smallest absolute Gasteiger partial charge is 0.226 e. The Morgan fingerprint density at radius 1 is 1.25 bits per heavy atom. The topological polar surface area (TPSA) is 73.1 Å². The number of aromatic nitrogens is 2. The Labute approximate surface area is 122 Å². The van der Waals surface area contributed by atoms with Gasteiger partial charge in [-0.05, 0) is 12.1 Å². The zero-order valence-electron chi connectivity index (χ0n) is 11.5. The van der Waals surface area contributed by atoms with Crippen LogP contribution in [0.25, 0.3) is 0 Å². The predicted molar refractivity (Wildman–Crippen MR) is 77.5 cm³/mol. The van der Waals surface area contributed by atoms with Crippen LogP contribution in [0.3, 0.4) is 0 Å². The Morgan fingerprint density at radius 3 is 2.55 bits per heavy atom. The summed E-state index contributed by atoms with van der Waals surface area (Å²) >= 11 is 1.38. The van der Waals surface area contributed by atoms with Gasteiger partial charge < -0.3 is 4.42 Å². The lowest BCUT2D eigenvalue weighted by atomic mass is 10.2. The van der Waals surface area contributed by atoms with Crippen molar-refractivity contribution in [2.24, 2.45) is 0 Å². The van der Waals surface area contributed by atoms with Crippen molar-refractivity contribution in [1.82, 2.24) is 10.2 Å². The summed E-state index contributed by atoms with van der Waals surface area (Å²) in [7, 11) is -3.23. The summed E-state index contributed by atoms with van der Waals surface area (Å²) in [6.07, 6.45) is 1.20. The summed E-state index contributed by atoms with van der Waals surface area (Å²) in [6, 6.07) is 6.90. The summed E-state index contributed by atoms with van der Waals surface area (Å²) in [6.45, 7) is 3.95. The van der Waals surface area contributed by atoms with E-state index in [0.717, 1.165) is 0 Å². The van der Waals surface area contributed by atoms with Gasteiger partial charge in [0.05, 0.1) is 10.6 Å². The molecule has 2 rings (SSSR count). The van der Waals surface area contributed by atoms with Gasteiger partial charge in [0, 0.05) is 17.1 Å². The van der Waals surface area contributed by atoms with Gasteiger partial charge in [-0.1, -0.05) is 26.0 Å². The maximum atomic E-state index is 11.7. The molecule has 7 heteroatoms. The third-order valence-corrected chi connectivity index (χ3v) is 4.92. The van der Waals surface area contributed by atoms with E-state index in [1.54, 1.807) is 18.2 Å². The van der Waals surface area contributed by atoms with Gasteiger partial charge in [-0.15, -0.1) is 22.0 Å². The first-order chi connectivity index (χ1) is 9.38. The second-order valence-corrected chi connectivity index (χ2v) is 7.70. The van der Waals surface area contributed by atoms with Crippen molar-refractivity contribution in [3.05, 3.63) is 36.0 Å². The van der Waals surface area contributed by atoms with Crippen molar-refractivity contribution in [2.45, 2.75) is 35.3 Å². The minimum atomic E-state index is -3.23. The molecule has 20 heavy (non-hydrogen) atoms. The van der Waals surface area contributed by atoms with Crippen LogP contribution in [0, 0.1) is 0 Å². The zero-order chi connectivity index (χ0) is 14.8. The number of rotatable bonds is 5. The standard InChI is InChI=1S/C13H16N2O3S2/c1-9(2)13-15-14-12(18-13)8-19-10-6-4-5-7-11(10)20(3,16)17/h4-7,9H,8H2,1-3H3. The van der Waals surface area contributed by atoms with E-state index in [1.807, 2.05) is 19.9 Å². The first-order valence-corrected chi connectivity index (χ1v) is 9.00. The second kappa shape index (κ2) is 5.97. The third kappa shape index (κ3) is 3.61. The van der Waals surface area contributed by atoms with Gasteiger partial charge in [-0.2, -0.15) is 0 Å². The quantitative estimate of drug-likeness (QED) is 0.790. The van der Waals surface area contributed by atoms with Crippen LogP contribution in [0.1, 0.15) is 31.5 Å². The average Bonchev–Trinajstić information content (AvgIpc) is 2.84. The fraction of sp³-hybridized carbons (Fsp3) is 0.385. The minimum absolute atomic E-state index is 0.185. The molecule has 0 aliphatic carbocycles. The van der Waals surface area contributed by atoms with E-state index in [9.17, 15) is 8.42 Å². The minimum Gasteiger partial charge on any atom is -0.424 e. The Kier molecular flexibility index (Phi) is 4.49. The van der Waals surface area contributed by atoms with Gasteiger partial charge in [-0.3, -0.25) is 0 Å². The monoisotopic (exact) mass is 312 g/mol. The molecule has 0 amide bonds. The van der Waals surface area contributed by atoms with Gasteiger partial charge in [0.1, 0.15) is 0 Å². The van der Waals surface area contributed by atoms with E-state index in [0.29, 0.717) is 27.3 Å². The van der Waals surface area contributed by atoms with Crippen LogP contribution in [0.15, 0.2) is 38.5 Å². The molecular weight excluding hydrogens is 296 g/mol. The number of nitrogens with zero attached hydrogens (tertiary/aromatic N) is 2. The van der Waals surface area contributed by atoms with Crippen LogP contribution >= 0.6 is 11.8 Å². The molecule has 0 radical (unpaired) electrons. The Balaban J connectivity index is 2.15. The van der Waals surface area contributed by atoms with Gasteiger partial charge in [0.2, 0.25) is 11.8 Å². The zero-order valence-corrected chi connectivity index (χ0v) is 13.2. The normalized spacial score (nSPS) is 12.0. The number of sulfone groups is 1. The molecule has 0 fully saturated rings. The van der Waals surface area contributed by atoms with Crippen molar-refractivity contribution in [2.75, 3.05) is 6.26 Å². The lowest BCUT2D eigenvalue weighted by molar-refractivity contribution is 0.445. The number of hydrogen-bond acceptors (Lipinski definition) is 6. The van der Waals surface area contributed by atoms with E-state index in [-0.39, 0.29) is 5.92 Å². The largest absolute Gasteiger partial charge is 0.424 e. The Hall–Kier alpha value is -1.34. The van der Waals surface area contributed by atoms with Crippen molar-refractivity contribution in [3.63, 3.8) is 0 Å². The highest BCUT2D eigenvalue weighted by Gasteiger charge is 2.15. The second-order valence-electron chi connectivity index (χ2n) is 4.70. The maximum absolute atomic E-state index is 11.7. The van der Waals surface area contributed by atoms with Crippen molar-refractivity contribution < 1.29 is 12.8 Å². The fourth-order valence-corrected chi connectivity index (χ4v) is 3.74. The van der Waals surface area contributed by atoms with Gasteiger partial charge in [-0.25, -0.2) is 8.42 Å². The van der Waals surface area contributed by atoms with Crippen LogP contribution in [0.2, 0.25) is 0 Å². The first-order valence-electron chi connectivity index (χ1n) is 6.12. The van der Waals surface area contributed by atoms with E-state index in [1.165, 1.54) is 18.0 Å². The average molecular weight is 312 g/mol. The molecule has 2 aromatic rings. The predicted octanol–water partition coefficient (Wildman–Crippen LogP) is 2.89. The van der Waals surface area contributed by atoms with E-state index in [4.69, 9.17) is 4.42 Å². The highest BCUT2D eigenvalue weighted by Crippen LogP contribution is 2.29. The molecule has 0 saturated heterocycles. The molecule has 1 aromatic heterocycles. The lowest BCUT2D eigenvalue weighted by Crippen LogP contribution is -1.99. The van der Waals surface area contributed by atoms with Crippen LogP contribution in [0.5, 0.6) is 0 Å². The van der Waals surface area contributed by atoms with E-state index < -0.39 is 9.84 Å². The van der Waals surface area contributed by atoms with Gasteiger partial charge in [0.15, 0.2) is 9.84 Å². The Bertz CT molecular complexity index is 693. The molecule has 0 unspecified atom stereocenters. The highest BCUT2D eigenvalue weighted by atomic mass is 32.2. The molecule has 5 nitrogen and oxygen atoms in total. The molecule has 0 atom stereocenters.